The van der Waals surface area contributed by atoms with E-state index >= 15 is 0 Å². The number of piperidine rings is 2. The zero-order chi connectivity index (χ0) is 19.6. The maximum atomic E-state index is 4.51. The molecule has 4 heterocycles. The number of nitrogens with zero attached hydrogens (tertiary/aromatic N) is 4. The standard InChI is InChI=1S/C21H35N5.C2H6/c1-2-8-23-21(3-1)26-11-6-20(7-12-26)18-25-15-13-24(14-16-25)17-19-4-9-22-10-5-19;1-2/h1-3,8,19-20,22H,4-7,9-18H2;1-2H3. The van der Waals surface area contributed by atoms with Crippen molar-refractivity contribution in [2.75, 3.05) is 70.3 Å². The van der Waals surface area contributed by atoms with Crippen LogP contribution in [0.1, 0.15) is 39.5 Å². The first-order valence-corrected chi connectivity index (χ1v) is 11.7. The molecule has 5 nitrogen and oxygen atoms in total. The summed E-state index contributed by atoms with van der Waals surface area (Å²) >= 11 is 0. The summed E-state index contributed by atoms with van der Waals surface area (Å²) < 4.78 is 0. The van der Waals surface area contributed by atoms with Crippen LogP contribution in [0.3, 0.4) is 0 Å². The number of aromatic nitrogens is 1. The van der Waals surface area contributed by atoms with E-state index in [1.807, 2.05) is 26.1 Å². The molecule has 0 aliphatic carbocycles. The molecule has 0 aromatic carbocycles. The summed E-state index contributed by atoms with van der Waals surface area (Å²) in [5, 5.41) is 3.48. The minimum absolute atomic E-state index is 0.867. The molecule has 1 aromatic rings. The van der Waals surface area contributed by atoms with Crippen molar-refractivity contribution in [3.63, 3.8) is 0 Å². The summed E-state index contributed by atoms with van der Waals surface area (Å²) in [6.45, 7) is 16.5. The Balaban J connectivity index is 0.00000109. The molecule has 3 saturated heterocycles. The number of piperazine rings is 1. The van der Waals surface area contributed by atoms with Crippen LogP contribution < -0.4 is 10.2 Å². The van der Waals surface area contributed by atoms with Gasteiger partial charge in [0.05, 0.1) is 0 Å². The molecule has 28 heavy (non-hydrogen) atoms. The normalized spacial score (nSPS) is 23.3. The van der Waals surface area contributed by atoms with E-state index in [1.165, 1.54) is 78.0 Å². The van der Waals surface area contributed by atoms with Gasteiger partial charge in [0, 0.05) is 58.6 Å². The molecular formula is C23H41N5. The maximum Gasteiger partial charge on any atom is 0.128 e. The number of anilines is 1. The molecule has 5 heteroatoms. The highest BCUT2D eigenvalue weighted by molar-refractivity contribution is 5.37. The van der Waals surface area contributed by atoms with Gasteiger partial charge >= 0.3 is 0 Å². The van der Waals surface area contributed by atoms with Crippen molar-refractivity contribution in [3.05, 3.63) is 24.4 Å². The highest BCUT2D eigenvalue weighted by Crippen LogP contribution is 2.23. The van der Waals surface area contributed by atoms with Gasteiger partial charge in [0.2, 0.25) is 0 Å². The lowest BCUT2D eigenvalue weighted by Gasteiger charge is -2.40. The Hall–Kier alpha value is -1.17. The SMILES string of the molecule is CC.c1ccc(N2CCC(CN3CCN(CC4CCNCC4)CC3)CC2)nc1. The van der Waals surface area contributed by atoms with Gasteiger partial charge in [0.15, 0.2) is 0 Å². The minimum Gasteiger partial charge on any atom is -0.357 e. The number of hydrogen-bond donors (Lipinski definition) is 1. The van der Waals surface area contributed by atoms with E-state index in [0.717, 1.165) is 30.7 Å². The highest BCUT2D eigenvalue weighted by Gasteiger charge is 2.25. The largest absolute Gasteiger partial charge is 0.357 e. The molecule has 1 N–H and O–H groups in total. The van der Waals surface area contributed by atoms with Crippen molar-refractivity contribution < 1.29 is 0 Å². The molecule has 0 amide bonds. The van der Waals surface area contributed by atoms with Gasteiger partial charge in [-0.2, -0.15) is 0 Å². The van der Waals surface area contributed by atoms with Gasteiger partial charge in [0.25, 0.3) is 0 Å². The van der Waals surface area contributed by atoms with E-state index in [1.54, 1.807) is 0 Å². The van der Waals surface area contributed by atoms with Gasteiger partial charge in [0.1, 0.15) is 5.82 Å². The Kier molecular flexibility index (Phi) is 9.03. The van der Waals surface area contributed by atoms with Crippen LogP contribution in [0.4, 0.5) is 5.82 Å². The lowest BCUT2D eigenvalue weighted by molar-refractivity contribution is 0.0961. The van der Waals surface area contributed by atoms with Crippen molar-refractivity contribution in [2.45, 2.75) is 39.5 Å². The topological polar surface area (TPSA) is 34.6 Å². The van der Waals surface area contributed by atoms with E-state index < -0.39 is 0 Å². The van der Waals surface area contributed by atoms with Gasteiger partial charge in [-0.25, -0.2) is 4.98 Å². The molecule has 1 aromatic heterocycles. The molecular weight excluding hydrogens is 346 g/mol. The molecule has 158 valence electrons. The van der Waals surface area contributed by atoms with Gasteiger partial charge in [-0.15, -0.1) is 0 Å². The second-order valence-electron chi connectivity index (χ2n) is 8.41. The monoisotopic (exact) mass is 387 g/mol. The summed E-state index contributed by atoms with van der Waals surface area (Å²) in [5.74, 6) is 2.95. The lowest BCUT2D eigenvalue weighted by Crippen LogP contribution is -2.50. The summed E-state index contributed by atoms with van der Waals surface area (Å²) in [6, 6.07) is 6.24. The Labute approximate surface area is 172 Å². The molecule has 0 bridgehead atoms. The van der Waals surface area contributed by atoms with Crippen LogP contribution in [-0.4, -0.2) is 80.2 Å². The maximum absolute atomic E-state index is 4.51. The first kappa shape index (κ1) is 21.5. The van der Waals surface area contributed by atoms with Gasteiger partial charge in [-0.1, -0.05) is 19.9 Å². The van der Waals surface area contributed by atoms with E-state index in [2.05, 4.69) is 37.1 Å². The fourth-order valence-electron chi connectivity index (χ4n) is 4.83. The van der Waals surface area contributed by atoms with Crippen LogP contribution in [0.5, 0.6) is 0 Å². The lowest BCUT2D eigenvalue weighted by atomic mass is 9.95. The van der Waals surface area contributed by atoms with E-state index in [0.29, 0.717) is 0 Å². The minimum atomic E-state index is 0.867. The third-order valence-corrected chi connectivity index (χ3v) is 6.54. The zero-order valence-corrected chi connectivity index (χ0v) is 18.2. The average molecular weight is 388 g/mol. The van der Waals surface area contributed by atoms with Gasteiger partial charge in [-0.05, 0) is 62.7 Å². The van der Waals surface area contributed by atoms with Crippen molar-refractivity contribution in [1.82, 2.24) is 20.1 Å². The average Bonchev–Trinajstić information content (AvgIpc) is 2.78. The van der Waals surface area contributed by atoms with Crippen LogP contribution in [-0.2, 0) is 0 Å². The van der Waals surface area contributed by atoms with Crippen molar-refractivity contribution in [3.8, 4) is 0 Å². The Morgan fingerprint density at radius 1 is 0.821 bits per heavy atom. The van der Waals surface area contributed by atoms with Crippen LogP contribution >= 0.6 is 0 Å². The quantitative estimate of drug-likeness (QED) is 0.840. The Morgan fingerprint density at radius 3 is 1.93 bits per heavy atom. The fourth-order valence-corrected chi connectivity index (χ4v) is 4.83. The third-order valence-electron chi connectivity index (χ3n) is 6.54. The summed E-state index contributed by atoms with van der Waals surface area (Å²) in [6.07, 6.45) is 7.27. The van der Waals surface area contributed by atoms with Crippen LogP contribution in [0.2, 0.25) is 0 Å². The Morgan fingerprint density at radius 2 is 1.39 bits per heavy atom. The summed E-state index contributed by atoms with van der Waals surface area (Å²) in [4.78, 5) is 12.4. The number of nitrogens with one attached hydrogen (secondary N) is 1. The van der Waals surface area contributed by atoms with Crippen LogP contribution in [0.15, 0.2) is 24.4 Å². The fraction of sp³-hybridized carbons (Fsp3) is 0.783. The van der Waals surface area contributed by atoms with E-state index in [-0.39, 0.29) is 0 Å². The highest BCUT2D eigenvalue weighted by atomic mass is 15.3. The summed E-state index contributed by atoms with van der Waals surface area (Å²) in [5.41, 5.74) is 0. The summed E-state index contributed by atoms with van der Waals surface area (Å²) in [7, 11) is 0. The molecule has 3 aliphatic rings. The molecule has 0 saturated carbocycles. The first-order chi connectivity index (χ1) is 13.9. The van der Waals surface area contributed by atoms with Gasteiger partial charge < -0.3 is 20.0 Å². The Bertz CT molecular complexity index is 515. The number of pyridine rings is 1. The molecule has 0 atom stereocenters. The predicted octanol–water partition coefficient (Wildman–Crippen LogP) is 2.94. The smallest absolute Gasteiger partial charge is 0.128 e. The third kappa shape index (κ3) is 6.43. The second kappa shape index (κ2) is 11.7. The van der Waals surface area contributed by atoms with Crippen LogP contribution in [0.25, 0.3) is 0 Å². The zero-order valence-electron chi connectivity index (χ0n) is 18.2. The molecule has 3 aliphatic heterocycles. The number of rotatable bonds is 5. The molecule has 0 radical (unpaired) electrons. The van der Waals surface area contributed by atoms with Crippen molar-refractivity contribution >= 4 is 5.82 Å². The van der Waals surface area contributed by atoms with Gasteiger partial charge in [-0.3, -0.25) is 0 Å². The molecule has 3 fully saturated rings. The molecule has 0 unspecified atom stereocenters. The first-order valence-electron chi connectivity index (χ1n) is 11.7. The van der Waals surface area contributed by atoms with Crippen LogP contribution in [0, 0.1) is 11.8 Å². The van der Waals surface area contributed by atoms with Crippen molar-refractivity contribution in [2.24, 2.45) is 11.8 Å². The van der Waals surface area contributed by atoms with E-state index in [4.69, 9.17) is 0 Å². The molecule has 0 spiro atoms. The molecule has 4 rings (SSSR count). The van der Waals surface area contributed by atoms with Crippen molar-refractivity contribution in [1.29, 1.82) is 0 Å². The predicted molar refractivity (Wildman–Crippen MR) is 119 cm³/mol. The second-order valence-corrected chi connectivity index (χ2v) is 8.41. The number of hydrogen-bond acceptors (Lipinski definition) is 5. The van der Waals surface area contributed by atoms with E-state index in [9.17, 15) is 0 Å².